The third-order valence-corrected chi connectivity index (χ3v) is 6.41. The van der Waals surface area contributed by atoms with E-state index in [4.69, 9.17) is 0 Å². The highest BCUT2D eigenvalue weighted by atomic mass is 32.1. The lowest BCUT2D eigenvalue weighted by atomic mass is 10.1. The Balaban J connectivity index is 1.27. The van der Waals surface area contributed by atoms with E-state index in [0.29, 0.717) is 12.6 Å². The number of anilines is 1. The summed E-state index contributed by atoms with van der Waals surface area (Å²) >= 11 is 1.82. The van der Waals surface area contributed by atoms with Crippen LogP contribution in [0, 0.1) is 0 Å². The predicted octanol–water partition coefficient (Wildman–Crippen LogP) is 2.40. The average molecular weight is 388 g/mol. The highest BCUT2D eigenvalue weighted by Gasteiger charge is 2.21. The summed E-state index contributed by atoms with van der Waals surface area (Å²) in [6, 6.07) is 4.80. The quantitative estimate of drug-likeness (QED) is 0.623. The Labute approximate surface area is 164 Å². The highest BCUT2D eigenvalue weighted by molar-refractivity contribution is 7.14. The lowest BCUT2D eigenvalue weighted by Crippen LogP contribution is -2.48. The Morgan fingerprint density at radius 2 is 2.11 bits per heavy atom. The predicted molar refractivity (Wildman–Crippen MR) is 110 cm³/mol. The fourth-order valence-electron chi connectivity index (χ4n) is 3.92. The van der Waals surface area contributed by atoms with Gasteiger partial charge in [0.1, 0.15) is 5.82 Å². The molecule has 0 radical (unpaired) electrons. The first-order valence-electron chi connectivity index (χ1n) is 10.00. The lowest BCUT2D eigenvalue weighted by molar-refractivity contribution is 0.462. The first kappa shape index (κ1) is 18.3. The van der Waals surface area contributed by atoms with Crippen LogP contribution in [0.2, 0.25) is 0 Å². The summed E-state index contributed by atoms with van der Waals surface area (Å²) in [6.07, 6.45) is 7.01. The molecule has 4 rings (SSSR count). The van der Waals surface area contributed by atoms with Gasteiger partial charge in [-0.1, -0.05) is 6.42 Å². The minimum Gasteiger partial charge on any atom is -0.363 e. The third-order valence-electron chi connectivity index (χ3n) is 5.48. The van der Waals surface area contributed by atoms with Gasteiger partial charge in [-0.3, -0.25) is 4.99 Å². The number of thiophene rings is 1. The van der Waals surface area contributed by atoms with Crippen LogP contribution in [0.1, 0.15) is 43.8 Å². The topological polar surface area (TPSA) is 70.4 Å². The number of aliphatic imine (C=N–C) groups is 1. The van der Waals surface area contributed by atoms with Crippen LogP contribution in [-0.2, 0) is 19.5 Å². The zero-order chi connectivity index (χ0) is 18.5. The number of aromatic nitrogens is 3. The van der Waals surface area contributed by atoms with Crippen LogP contribution >= 0.6 is 11.3 Å². The second-order valence-electron chi connectivity index (χ2n) is 7.28. The Bertz CT molecular complexity index is 744. The summed E-state index contributed by atoms with van der Waals surface area (Å²) in [5.41, 5.74) is 0. The molecule has 0 spiro atoms. The lowest BCUT2D eigenvalue weighted by Gasteiger charge is -2.33. The molecular weight excluding hydrogens is 358 g/mol. The molecule has 0 atom stereocenters. The molecule has 0 aromatic carbocycles. The van der Waals surface area contributed by atoms with Crippen LogP contribution in [0.15, 0.2) is 22.5 Å². The van der Waals surface area contributed by atoms with Crippen molar-refractivity contribution in [2.75, 3.05) is 25.0 Å². The number of rotatable bonds is 4. The minimum atomic E-state index is 0.461. The van der Waals surface area contributed by atoms with Gasteiger partial charge >= 0.3 is 0 Å². The van der Waals surface area contributed by atoms with E-state index in [0.717, 1.165) is 56.5 Å². The van der Waals surface area contributed by atoms with Gasteiger partial charge in [0.05, 0.1) is 11.5 Å². The molecule has 0 bridgehead atoms. The van der Waals surface area contributed by atoms with Crippen LogP contribution in [-0.4, -0.2) is 46.9 Å². The second kappa shape index (κ2) is 8.73. The van der Waals surface area contributed by atoms with Gasteiger partial charge in [0, 0.05) is 39.1 Å². The number of aryl methyl sites for hydroxylation is 1. The monoisotopic (exact) mass is 387 g/mol. The molecule has 2 aliphatic heterocycles. The van der Waals surface area contributed by atoms with Gasteiger partial charge in [-0.2, -0.15) is 0 Å². The number of nitrogens with one attached hydrogen (secondary N) is 2. The maximum atomic E-state index is 4.41. The number of guanidine groups is 1. The summed E-state index contributed by atoms with van der Waals surface area (Å²) in [6.45, 7) is 3.88. The molecule has 0 unspecified atom stereocenters. The third kappa shape index (κ3) is 4.43. The van der Waals surface area contributed by atoms with Gasteiger partial charge in [0.25, 0.3) is 0 Å². The fraction of sp³-hybridized carbons (Fsp3) is 0.632. The van der Waals surface area contributed by atoms with Crippen LogP contribution in [0.5, 0.6) is 0 Å². The normalized spacial score (nSPS) is 18.9. The standard InChI is InChI=1S/C19H29N7S/c1-20-19(21-14-17-24-23-16-6-3-2-4-10-26(16)17)22-15-8-11-25(12-9-15)18-7-5-13-27-18/h5,7,13,15H,2-4,6,8-12,14H2,1H3,(H2,20,21,22). The van der Waals surface area contributed by atoms with Gasteiger partial charge in [-0.25, -0.2) is 0 Å². The fourth-order valence-corrected chi connectivity index (χ4v) is 4.71. The summed E-state index contributed by atoms with van der Waals surface area (Å²) in [4.78, 5) is 6.88. The first-order valence-corrected chi connectivity index (χ1v) is 10.9. The van der Waals surface area contributed by atoms with Crippen LogP contribution in [0.25, 0.3) is 0 Å². The van der Waals surface area contributed by atoms with Gasteiger partial charge in [0.2, 0.25) is 0 Å². The summed E-state index contributed by atoms with van der Waals surface area (Å²) < 4.78 is 2.28. The molecule has 2 aromatic heterocycles. The molecule has 7 nitrogen and oxygen atoms in total. The molecule has 27 heavy (non-hydrogen) atoms. The molecule has 146 valence electrons. The molecule has 2 N–H and O–H groups in total. The van der Waals surface area contributed by atoms with E-state index >= 15 is 0 Å². The zero-order valence-electron chi connectivity index (χ0n) is 16.0. The minimum absolute atomic E-state index is 0.461. The van der Waals surface area contributed by atoms with Gasteiger partial charge in [0.15, 0.2) is 11.8 Å². The van der Waals surface area contributed by atoms with E-state index in [1.807, 2.05) is 18.4 Å². The maximum absolute atomic E-state index is 4.41. The first-order chi connectivity index (χ1) is 13.3. The van der Waals surface area contributed by atoms with Crippen molar-refractivity contribution in [1.82, 2.24) is 25.4 Å². The summed E-state index contributed by atoms with van der Waals surface area (Å²) in [7, 11) is 1.83. The van der Waals surface area contributed by atoms with Crippen molar-refractivity contribution in [3.63, 3.8) is 0 Å². The SMILES string of the molecule is CN=C(NCc1nnc2n1CCCCC2)NC1CCN(c2cccs2)CC1. The Hall–Kier alpha value is -2.09. The number of hydrogen-bond donors (Lipinski definition) is 2. The number of fused-ring (bicyclic) bond motifs is 1. The van der Waals surface area contributed by atoms with E-state index in [2.05, 4.69) is 52.8 Å². The van der Waals surface area contributed by atoms with E-state index in [1.165, 1.54) is 24.3 Å². The molecule has 1 saturated heterocycles. The molecule has 2 aliphatic rings. The van der Waals surface area contributed by atoms with E-state index in [-0.39, 0.29) is 0 Å². The molecule has 8 heteroatoms. The molecule has 0 amide bonds. The number of hydrogen-bond acceptors (Lipinski definition) is 5. The molecule has 2 aromatic rings. The number of nitrogens with zero attached hydrogens (tertiary/aromatic N) is 5. The van der Waals surface area contributed by atoms with Crippen molar-refractivity contribution in [3.05, 3.63) is 29.2 Å². The van der Waals surface area contributed by atoms with Crippen LogP contribution in [0.3, 0.4) is 0 Å². The Morgan fingerprint density at radius 3 is 2.89 bits per heavy atom. The molecule has 4 heterocycles. The van der Waals surface area contributed by atoms with Gasteiger partial charge in [-0.05, 0) is 43.2 Å². The molecule has 0 aliphatic carbocycles. The van der Waals surface area contributed by atoms with Crippen LogP contribution < -0.4 is 15.5 Å². The molecular formula is C19H29N7S. The number of piperidine rings is 1. The zero-order valence-corrected chi connectivity index (χ0v) is 16.8. The van der Waals surface area contributed by atoms with E-state index in [9.17, 15) is 0 Å². The summed E-state index contributed by atoms with van der Waals surface area (Å²) in [5.74, 6) is 3.01. The van der Waals surface area contributed by atoms with Crippen LogP contribution in [0.4, 0.5) is 5.00 Å². The van der Waals surface area contributed by atoms with E-state index in [1.54, 1.807) is 0 Å². The Morgan fingerprint density at radius 1 is 1.22 bits per heavy atom. The molecule has 1 fully saturated rings. The van der Waals surface area contributed by atoms with Crippen molar-refractivity contribution in [2.24, 2.45) is 4.99 Å². The average Bonchev–Trinajstić information content (AvgIpc) is 3.31. The van der Waals surface area contributed by atoms with Crippen molar-refractivity contribution < 1.29 is 0 Å². The van der Waals surface area contributed by atoms with Crippen molar-refractivity contribution >= 4 is 22.3 Å². The van der Waals surface area contributed by atoms with Crippen molar-refractivity contribution in [1.29, 1.82) is 0 Å². The Kier molecular flexibility index (Phi) is 5.91. The molecule has 0 saturated carbocycles. The summed E-state index contributed by atoms with van der Waals surface area (Å²) in [5, 5.41) is 19.3. The smallest absolute Gasteiger partial charge is 0.191 e. The van der Waals surface area contributed by atoms with Gasteiger partial charge < -0.3 is 20.1 Å². The largest absolute Gasteiger partial charge is 0.363 e. The van der Waals surface area contributed by atoms with Crippen molar-refractivity contribution in [2.45, 2.75) is 57.7 Å². The van der Waals surface area contributed by atoms with E-state index < -0.39 is 0 Å². The highest BCUT2D eigenvalue weighted by Crippen LogP contribution is 2.24. The van der Waals surface area contributed by atoms with Crippen molar-refractivity contribution in [3.8, 4) is 0 Å². The van der Waals surface area contributed by atoms with Gasteiger partial charge in [-0.15, -0.1) is 21.5 Å². The maximum Gasteiger partial charge on any atom is 0.191 e. The second-order valence-corrected chi connectivity index (χ2v) is 8.20.